The Hall–Kier alpha value is -5.13. The Morgan fingerprint density at radius 1 is 0.732 bits per heavy atom. The fourth-order valence-electron chi connectivity index (χ4n) is 1.86. The second kappa shape index (κ2) is 29.4. The van der Waals surface area contributed by atoms with Crippen molar-refractivity contribution < 1.29 is 43.8 Å². The summed E-state index contributed by atoms with van der Waals surface area (Å²) in [6.07, 6.45) is 4.78. The van der Waals surface area contributed by atoms with Crippen LogP contribution in [0.5, 0.6) is 0 Å². The van der Waals surface area contributed by atoms with Gasteiger partial charge in [0, 0.05) is 53.9 Å². The third kappa shape index (κ3) is 27.7. The molecular weight excluding hydrogens is 530 g/mol. The van der Waals surface area contributed by atoms with E-state index in [9.17, 15) is 15.0 Å². The molecule has 1 amide bonds. The van der Waals surface area contributed by atoms with Crippen LogP contribution in [0.25, 0.3) is 0 Å². The summed E-state index contributed by atoms with van der Waals surface area (Å²) in [6.45, 7) is 0.921. The number of rotatable bonds is 17. The molecule has 0 aliphatic rings. The van der Waals surface area contributed by atoms with Crippen LogP contribution >= 0.6 is 0 Å². The molecule has 10 nitrogen and oxygen atoms in total. The maximum absolute atomic E-state index is 11.7. The molecular formula is C31H27NO9. The lowest BCUT2D eigenvalue weighted by Crippen LogP contribution is -2.32. The van der Waals surface area contributed by atoms with Gasteiger partial charge in [0.05, 0.1) is 52.9 Å². The third-order valence-electron chi connectivity index (χ3n) is 3.59. The van der Waals surface area contributed by atoms with E-state index in [1.54, 1.807) is 0 Å². The quantitative estimate of drug-likeness (QED) is 0.119. The van der Waals surface area contributed by atoms with Crippen LogP contribution in [-0.2, 0) is 23.7 Å². The number of aliphatic hydroxyl groups is 3. The molecule has 0 spiro atoms. The van der Waals surface area contributed by atoms with Crippen molar-refractivity contribution in [3.05, 3.63) is 0 Å². The molecule has 0 saturated carbocycles. The highest BCUT2D eigenvalue weighted by Gasteiger charge is 2.11. The molecule has 0 bridgehead atoms. The van der Waals surface area contributed by atoms with E-state index in [2.05, 4.69) is 111 Å². The molecule has 0 fully saturated rings. The number of alkyl carbamates (subject to hydrolysis) is 1. The SMILES string of the molecule is [2H]OC[C@H](O)COCCOCCOCCNC(=O)OC[C@H](CO)OC#CC#CC#CC#CC#CC#CC#CC#CC#C. The summed E-state index contributed by atoms with van der Waals surface area (Å²) in [5.74, 6) is 38.6. The highest BCUT2D eigenvalue weighted by molar-refractivity contribution is 5.67. The van der Waals surface area contributed by atoms with Crippen molar-refractivity contribution in [2.24, 2.45) is 0 Å². The number of amides is 1. The minimum Gasteiger partial charge on any atom is -0.445 e. The van der Waals surface area contributed by atoms with E-state index < -0.39 is 24.9 Å². The molecule has 2 atom stereocenters. The van der Waals surface area contributed by atoms with Gasteiger partial charge in [-0.2, -0.15) is 0 Å². The van der Waals surface area contributed by atoms with Gasteiger partial charge in [-0.1, -0.05) is 0 Å². The maximum Gasteiger partial charge on any atom is 0.407 e. The predicted molar refractivity (Wildman–Crippen MR) is 148 cm³/mol. The first-order valence-electron chi connectivity index (χ1n) is 12.2. The monoisotopic (exact) mass is 558 g/mol. The predicted octanol–water partition coefficient (Wildman–Crippen LogP) is -1.89. The zero-order chi connectivity index (χ0) is 30.8. The molecule has 41 heavy (non-hydrogen) atoms. The minimum atomic E-state index is -0.864. The molecule has 0 aromatic heterocycles. The van der Waals surface area contributed by atoms with Crippen LogP contribution < -0.4 is 5.32 Å². The number of hydrogen-bond acceptors (Lipinski definition) is 9. The van der Waals surface area contributed by atoms with Crippen molar-refractivity contribution in [3.63, 3.8) is 0 Å². The lowest BCUT2D eigenvalue weighted by molar-refractivity contribution is -0.0226. The van der Waals surface area contributed by atoms with Gasteiger partial charge in [0.1, 0.15) is 18.8 Å². The highest BCUT2D eigenvalue weighted by atomic mass is 16.6. The molecule has 0 saturated heterocycles. The van der Waals surface area contributed by atoms with Gasteiger partial charge in [-0.3, -0.25) is 0 Å². The largest absolute Gasteiger partial charge is 0.445 e. The summed E-state index contributed by atoms with van der Waals surface area (Å²) >= 11 is 0. The fourth-order valence-corrected chi connectivity index (χ4v) is 1.86. The Morgan fingerprint density at radius 3 is 1.78 bits per heavy atom. The number of ether oxygens (including phenoxy) is 5. The van der Waals surface area contributed by atoms with E-state index in [1.165, 1.54) is 0 Å². The van der Waals surface area contributed by atoms with Gasteiger partial charge in [-0.05, 0) is 47.4 Å². The smallest absolute Gasteiger partial charge is 0.407 e. The van der Waals surface area contributed by atoms with Gasteiger partial charge in [-0.25, -0.2) is 4.79 Å². The molecule has 0 radical (unpaired) electrons. The molecule has 0 heterocycles. The molecule has 0 aromatic carbocycles. The number of carbonyl (C=O) groups is 1. The number of carbonyl (C=O) groups excluding carboxylic acids is 1. The second-order valence-electron chi connectivity index (χ2n) is 6.69. The van der Waals surface area contributed by atoms with Crippen LogP contribution in [0.1, 0.15) is 0 Å². The van der Waals surface area contributed by atoms with E-state index in [0.29, 0.717) is 19.8 Å². The first-order valence-corrected chi connectivity index (χ1v) is 11.8. The summed E-state index contributed by atoms with van der Waals surface area (Å²) in [4.78, 5) is 11.7. The van der Waals surface area contributed by atoms with E-state index in [-0.39, 0.29) is 39.6 Å². The topological polar surface area (TPSA) is 136 Å². The van der Waals surface area contributed by atoms with Gasteiger partial charge in [-0.15, -0.1) is 6.42 Å². The van der Waals surface area contributed by atoms with Crippen molar-refractivity contribution in [1.82, 2.24) is 5.32 Å². The molecule has 0 unspecified atom stereocenters. The van der Waals surface area contributed by atoms with Crippen molar-refractivity contribution in [2.45, 2.75) is 12.2 Å². The number of aliphatic hydroxyl groups excluding tert-OH is 3. The second-order valence-corrected chi connectivity index (χ2v) is 6.69. The maximum atomic E-state index is 11.7. The molecule has 4 N–H and O–H groups in total. The van der Waals surface area contributed by atoms with Crippen LogP contribution in [0.3, 0.4) is 0 Å². The Kier molecular flexibility index (Phi) is 24.3. The Bertz CT molecular complexity index is 1360. The zero-order valence-electron chi connectivity index (χ0n) is 23.1. The van der Waals surface area contributed by atoms with Crippen molar-refractivity contribution >= 4 is 6.09 Å². The van der Waals surface area contributed by atoms with Crippen LogP contribution in [-0.4, -0.2) is 101 Å². The van der Waals surface area contributed by atoms with Gasteiger partial charge in [0.2, 0.25) is 1.43 Å². The van der Waals surface area contributed by atoms with Crippen molar-refractivity contribution in [1.29, 1.82) is 1.43 Å². The lowest BCUT2D eigenvalue weighted by atomic mass is 10.4. The van der Waals surface area contributed by atoms with Gasteiger partial charge in [0.25, 0.3) is 0 Å². The minimum absolute atomic E-state index is 0.0561. The first kappa shape index (κ1) is 33.9. The summed E-state index contributed by atoms with van der Waals surface area (Å²) in [5.41, 5.74) is 0. The van der Waals surface area contributed by atoms with E-state index >= 15 is 0 Å². The molecule has 10 heteroatoms. The average Bonchev–Trinajstić information content (AvgIpc) is 2.99. The average molecular weight is 559 g/mol. The Labute approximate surface area is 242 Å². The summed E-state index contributed by atoms with van der Waals surface area (Å²) in [5, 5.41) is 25.1. The molecule has 0 aliphatic heterocycles. The van der Waals surface area contributed by atoms with Crippen molar-refractivity contribution in [3.8, 4) is 107 Å². The van der Waals surface area contributed by atoms with Crippen LogP contribution in [0.4, 0.5) is 4.79 Å². The Balaban J connectivity index is 3.98. The lowest BCUT2D eigenvalue weighted by Gasteiger charge is -2.12. The standard InChI is InChI=1S/C31H27NO9/c1-2-3-4-5-6-7-8-9-10-11-12-13-14-15-16-17-19-40-30(26-34)28-41-31(36)32-18-20-37-21-22-38-23-24-39-27-29(35)25-33/h1,29-30,33-35H,18,20-28H2,(H,32,36)/t29-,30-/m0/s1/i33D. The van der Waals surface area contributed by atoms with Crippen molar-refractivity contribution in [2.75, 3.05) is 66.0 Å². The zero-order valence-corrected chi connectivity index (χ0v) is 22.1. The van der Waals surface area contributed by atoms with E-state index in [1.807, 2.05) is 0 Å². The molecule has 0 aromatic rings. The third-order valence-corrected chi connectivity index (χ3v) is 3.59. The van der Waals surface area contributed by atoms with Crippen LogP contribution in [0.15, 0.2) is 0 Å². The van der Waals surface area contributed by atoms with Crippen LogP contribution in [0, 0.1) is 107 Å². The highest BCUT2D eigenvalue weighted by Crippen LogP contribution is 1.92. The number of nitrogens with one attached hydrogen (secondary N) is 1. The van der Waals surface area contributed by atoms with E-state index in [4.69, 9.17) is 31.5 Å². The van der Waals surface area contributed by atoms with Crippen LogP contribution in [0.2, 0.25) is 0 Å². The number of terminal acetylenes is 1. The fraction of sp³-hybridized carbons (Fsp3) is 0.387. The Morgan fingerprint density at radius 2 is 1.24 bits per heavy atom. The first-order chi connectivity index (χ1) is 20.6. The molecule has 0 aliphatic carbocycles. The normalized spacial score (nSPS) is 9.73. The molecule has 0 rings (SSSR count). The van der Waals surface area contributed by atoms with Gasteiger partial charge >= 0.3 is 6.09 Å². The van der Waals surface area contributed by atoms with Gasteiger partial charge in [0.15, 0.2) is 6.10 Å². The summed E-state index contributed by atoms with van der Waals surface area (Å²) in [6, 6.07) is 0. The number of hydrogen-bond donors (Lipinski definition) is 4. The molecule has 210 valence electrons. The van der Waals surface area contributed by atoms with E-state index in [0.717, 1.165) is 0 Å². The summed E-state index contributed by atoms with van der Waals surface area (Å²) in [7, 11) is 0. The summed E-state index contributed by atoms with van der Waals surface area (Å²) < 4.78 is 32.2. The van der Waals surface area contributed by atoms with Gasteiger partial charge < -0.3 is 44.3 Å².